The standard InChI is InChI=1S/C24H31NO2/c1-2-3-4-5-6-7-8-9-17-25-18-15-21(16-19-25)13-14-24(27)22-11-10-12-23(26)20-22/h10-16,18-20H,2-9,17H2,1H3/p+1/b14-13+. The molecule has 2 rings (SSSR count). The molecule has 0 atom stereocenters. The van der Waals surface area contributed by atoms with Crippen LogP contribution >= 0.6 is 0 Å². The summed E-state index contributed by atoms with van der Waals surface area (Å²) in [5.41, 5.74) is 1.49. The van der Waals surface area contributed by atoms with Crippen LogP contribution in [0.1, 0.15) is 74.2 Å². The predicted molar refractivity (Wildman–Crippen MR) is 111 cm³/mol. The summed E-state index contributed by atoms with van der Waals surface area (Å²) in [6.07, 6.45) is 18.1. The van der Waals surface area contributed by atoms with E-state index >= 15 is 0 Å². The summed E-state index contributed by atoms with van der Waals surface area (Å²) in [5, 5.41) is 9.45. The van der Waals surface area contributed by atoms with Crippen LogP contribution in [-0.4, -0.2) is 10.9 Å². The first kappa shape index (κ1) is 20.9. The van der Waals surface area contributed by atoms with Crippen LogP contribution in [0.25, 0.3) is 6.08 Å². The van der Waals surface area contributed by atoms with Gasteiger partial charge in [-0.15, -0.1) is 0 Å². The summed E-state index contributed by atoms with van der Waals surface area (Å²) in [7, 11) is 0. The van der Waals surface area contributed by atoms with Crippen LogP contribution < -0.4 is 4.57 Å². The predicted octanol–water partition coefficient (Wildman–Crippen LogP) is 5.72. The highest BCUT2D eigenvalue weighted by Crippen LogP contribution is 2.12. The first-order chi connectivity index (χ1) is 13.2. The van der Waals surface area contributed by atoms with E-state index in [1.807, 2.05) is 18.2 Å². The van der Waals surface area contributed by atoms with Crippen molar-refractivity contribution in [2.75, 3.05) is 0 Å². The van der Waals surface area contributed by atoms with Crippen LogP contribution in [0.4, 0.5) is 0 Å². The van der Waals surface area contributed by atoms with E-state index in [0.29, 0.717) is 5.56 Å². The molecule has 0 saturated carbocycles. The maximum Gasteiger partial charge on any atom is 0.185 e. The number of phenols is 1. The number of pyridine rings is 1. The molecular weight excluding hydrogens is 334 g/mol. The zero-order chi connectivity index (χ0) is 19.3. The van der Waals surface area contributed by atoms with E-state index in [1.165, 1.54) is 57.4 Å². The number of hydrogen-bond acceptors (Lipinski definition) is 2. The van der Waals surface area contributed by atoms with E-state index in [0.717, 1.165) is 12.1 Å². The molecule has 1 aromatic carbocycles. The fourth-order valence-electron chi connectivity index (χ4n) is 3.08. The molecule has 0 aliphatic carbocycles. The number of unbranched alkanes of at least 4 members (excludes halogenated alkanes) is 7. The SMILES string of the molecule is CCCCCCCCCC[n+]1ccc(/C=C/C(=O)c2cccc(O)c2)cc1. The monoisotopic (exact) mass is 366 g/mol. The van der Waals surface area contributed by atoms with Gasteiger partial charge in [-0.3, -0.25) is 4.79 Å². The molecule has 144 valence electrons. The number of nitrogens with zero attached hydrogens (tertiary/aromatic N) is 1. The van der Waals surface area contributed by atoms with Crippen molar-refractivity contribution in [2.24, 2.45) is 0 Å². The molecule has 0 bridgehead atoms. The minimum Gasteiger partial charge on any atom is -0.508 e. The summed E-state index contributed by atoms with van der Waals surface area (Å²) < 4.78 is 2.20. The number of carbonyl (C=O) groups is 1. The Morgan fingerprint density at radius 1 is 0.963 bits per heavy atom. The van der Waals surface area contributed by atoms with E-state index in [9.17, 15) is 9.90 Å². The lowest BCUT2D eigenvalue weighted by molar-refractivity contribution is -0.697. The lowest BCUT2D eigenvalue weighted by atomic mass is 10.1. The van der Waals surface area contributed by atoms with E-state index in [-0.39, 0.29) is 11.5 Å². The normalized spacial score (nSPS) is 11.1. The third-order valence-corrected chi connectivity index (χ3v) is 4.74. The summed E-state index contributed by atoms with van der Waals surface area (Å²) in [6, 6.07) is 10.5. The van der Waals surface area contributed by atoms with Gasteiger partial charge in [0.1, 0.15) is 12.3 Å². The van der Waals surface area contributed by atoms with Crippen LogP contribution in [0.5, 0.6) is 5.75 Å². The van der Waals surface area contributed by atoms with E-state index in [2.05, 4.69) is 23.9 Å². The average Bonchev–Trinajstić information content (AvgIpc) is 2.69. The first-order valence-corrected chi connectivity index (χ1v) is 10.2. The summed E-state index contributed by atoms with van der Waals surface area (Å²) in [6.45, 7) is 3.30. The van der Waals surface area contributed by atoms with Crippen LogP contribution in [0.15, 0.2) is 54.9 Å². The third kappa shape index (κ3) is 8.21. The van der Waals surface area contributed by atoms with E-state index < -0.39 is 0 Å². The van der Waals surface area contributed by atoms with Crippen molar-refractivity contribution < 1.29 is 14.5 Å². The van der Waals surface area contributed by atoms with E-state index in [1.54, 1.807) is 24.3 Å². The van der Waals surface area contributed by atoms with Crippen molar-refractivity contribution in [3.8, 4) is 5.75 Å². The van der Waals surface area contributed by atoms with Gasteiger partial charge in [-0.05, 0) is 30.2 Å². The number of hydrogen-bond donors (Lipinski definition) is 1. The van der Waals surface area contributed by atoms with Crippen molar-refractivity contribution in [3.05, 3.63) is 66.0 Å². The number of carbonyl (C=O) groups excluding carboxylic acids is 1. The molecule has 27 heavy (non-hydrogen) atoms. The second-order valence-corrected chi connectivity index (χ2v) is 7.09. The minimum atomic E-state index is -0.110. The molecule has 3 nitrogen and oxygen atoms in total. The maximum absolute atomic E-state index is 12.1. The Morgan fingerprint density at radius 2 is 1.63 bits per heavy atom. The summed E-state index contributed by atoms with van der Waals surface area (Å²) in [4.78, 5) is 12.1. The lowest BCUT2D eigenvalue weighted by Crippen LogP contribution is -2.32. The van der Waals surface area contributed by atoms with Gasteiger partial charge in [-0.25, -0.2) is 4.57 Å². The van der Waals surface area contributed by atoms with Crippen molar-refractivity contribution in [3.63, 3.8) is 0 Å². The molecule has 1 N–H and O–H groups in total. The Labute approximate surface area is 163 Å². The highest BCUT2D eigenvalue weighted by molar-refractivity contribution is 6.06. The first-order valence-electron chi connectivity index (χ1n) is 10.2. The Morgan fingerprint density at radius 3 is 2.30 bits per heavy atom. The lowest BCUT2D eigenvalue weighted by Gasteiger charge is -2.01. The van der Waals surface area contributed by atoms with Crippen LogP contribution in [0.3, 0.4) is 0 Å². The number of phenolic OH excluding ortho intramolecular Hbond substituents is 1. The Kier molecular flexibility index (Phi) is 9.33. The maximum atomic E-state index is 12.1. The van der Waals surface area contributed by atoms with Gasteiger partial charge in [0.25, 0.3) is 0 Å². The Hall–Kier alpha value is -2.42. The Balaban J connectivity index is 1.71. The zero-order valence-electron chi connectivity index (χ0n) is 16.4. The van der Waals surface area contributed by atoms with Crippen molar-refractivity contribution >= 4 is 11.9 Å². The van der Waals surface area contributed by atoms with Crippen LogP contribution in [0, 0.1) is 0 Å². The molecule has 1 aromatic heterocycles. The number of aryl methyl sites for hydroxylation is 1. The number of allylic oxidation sites excluding steroid dienone is 1. The number of rotatable bonds is 12. The zero-order valence-corrected chi connectivity index (χ0v) is 16.4. The quantitative estimate of drug-likeness (QED) is 0.226. The second kappa shape index (κ2) is 12.1. The highest BCUT2D eigenvalue weighted by atomic mass is 16.3. The molecule has 0 aliphatic rings. The van der Waals surface area contributed by atoms with Gasteiger partial charge in [0.05, 0.1) is 0 Å². The van der Waals surface area contributed by atoms with Gasteiger partial charge in [0.15, 0.2) is 18.2 Å². The molecule has 0 saturated heterocycles. The van der Waals surface area contributed by atoms with Crippen molar-refractivity contribution in [2.45, 2.75) is 64.8 Å². The second-order valence-electron chi connectivity index (χ2n) is 7.09. The van der Waals surface area contributed by atoms with Gasteiger partial charge < -0.3 is 5.11 Å². The van der Waals surface area contributed by atoms with Crippen LogP contribution in [-0.2, 0) is 6.54 Å². The Bertz CT molecular complexity index is 719. The molecule has 1 heterocycles. The van der Waals surface area contributed by atoms with Gasteiger partial charge in [-0.1, -0.05) is 63.7 Å². The topological polar surface area (TPSA) is 41.2 Å². The smallest absolute Gasteiger partial charge is 0.185 e. The fraction of sp³-hybridized carbons (Fsp3) is 0.417. The molecule has 0 aliphatic heterocycles. The average molecular weight is 367 g/mol. The molecule has 0 spiro atoms. The summed E-state index contributed by atoms with van der Waals surface area (Å²) >= 11 is 0. The van der Waals surface area contributed by atoms with Crippen molar-refractivity contribution in [1.29, 1.82) is 0 Å². The molecule has 0 fully saturated rings. The molecule has 3 heteroatoms. The molecular formula is C24H32NO2+. The third-order valence-electron chi connectivity index (χ3n) is 4.74. The largest absolute Gasteiger partial charge is 0.508 e. The fourth-order valence-corrected chi connectivity index (χ4v) is 3.08. The van der Waals surface area contributed by atoms with Gasteiger partial charge in [0.2, 0.25) is 0 Å². The minimum absolute atomic E-state index is 0.107. The number of benzene rings is 1. The van der Waals surface area contributed by atoms with E-state index in [4.69, 9.17) is 0 Å². The van der Waals surface area contributed by atoms with Gasteiger partial charge in [0, 0.05) is 24.1 Å². The van der Waals surface area contributed by atoms with Gasteiger partial charge in [-0.2, -0.15) is 0 Å². The van der Waals surface area contributed by atoms with Crippen LogP contribution in [0.2, 0.25) is 0 Å². The molecule has 2 aromatic rings. The number of aromatic nitrogens is 1. The highest BCUT2D eigenvalue weighted by Gasteiger charge is 2.03. The molecule has 0 unspecified atom stereocenters. The number of ketones is 1. The number of aromatic hydroxyl groups is 1. The summed E-state index contributed by atoms with van der Waals surface area (Å²) in [5.74, 6) is -0.00229. The van der Waals surface area contributed by atoms with Crippen molar-refractivity contribution in [1.82, 2.24) is 0 Å². The molecule has 0 radical (unpaired) electrons. The van der Waals surface area contributed by atoms with Gasteiger partial charge >= 0.3 is 0 Å². The molecule has 0 amide bonds.